The molecule has 0 spiro atoms. The van der Waals surface area contributed by atoms with Crippen molar-refractivity contribution in [1.82, 2.24) is 5.32 Å². The fourth-order valence-electron chi connectivity index (χ4n) is 1.29. The smallest absolute Gasteiger partial charge is 0.384 e. The van der Waals surface area contributed by atoms with Crippen molar-refractivity contribution in [3.8, 4) is 11.8 Å². The van der Waals surface area contributed by atoms with Crippen molar-refractivity contribution >= 4 is 17.2 Å². The maximum atomic E-state index is 11.9. The van der Waals surface area contributed by atoms with Crippen LogP contribution in [0.25, 0.3) is 0 Å². The highest BCUT2D eigenvalue weighted by Gasteiger charge is 2.26. The first-order valence-electron chi connectivity index (χ1n) is 5.46. The summed E-state index contributed by atoms with van der Waals surface area (Å²) in [4.78, 5) is 12.0. The summed E-state index contributed by atoms with van der Waals surface area (Å²) < 4.78 is 35.7. The lowest BCUT2D eigenvalue weighted by Gasteiger charge is -2.06. The van der Waals surface area contributed by atoms with E-state index in [1.807, 2.05) is 0 Å². The highest BCUT2D eigenvalue weighted by Crippen LogP contribution is 2.21. The van der Waals surface area contributed by atoms with Crippen LogP contribution in [-0.2, 0) is 0 Å². The fraction of sp³-hybridized carbons (Fsp3) is 0.417. The summed E-state index contributed by atoms with van der Waals surface area (Å²) in [5.41, 5.74) is 0.465. The van der Waals surface area contributed by atoms with E-state index in [0.29, 0.717) is 10.4 Å². The summed E-state index contributed by atoms with van der Waals surface area (Å²) in [5.74, 6) is 4.58. The molecular formula is C12H12F3NO2S. The average molecular weight is 291 g/mol. The Morgan fingerprint density at radius 3 is 2.84 bits per heavy atom. The lowest BCUT2D eigenvalue weighted by molar-refractivity contribution is -0.135. The van der Waals surface area contributed by atoms with Gasteiger partial charge in [-0.1, -0.05) is 11.8 Å². The largest absolute Gasteiger partial charge is 0.389 e. The van der Waals surface area contributed by atoms with Crippen molar-refractivity contribution in [1.29, 1.82) is 0 Å². The second-order valence-corrected chi connectivity index (χ2v) is 4.51. The molecule has 0 bridgehead atoms. The van der Waals surface area contributed by atoms with Crippen LogP contribution in [0.4, 0.5) is 13.2 Å². The van der Waals surface area contributed by atoms with E-state index >= 15 is 0 Å². The first-order chi connectivity index (χ1) is 8.94. The molecule has 0 atom stereocenters. The van der Waals surface area contributed by atoms with Crippen molar-refractivity contribution in [2.45, 2.75) is 19.0 Å². The number of nitrogens with one attached hydrogen (secondary N) is 1. The molecule has 0 radical (unpaired) electrons. The van der Waals surface area contributed by atoms with Crippen molar-refractivity contribution in [2.75, 3.05) is 13.2 Å². The number of amides is 1. The molecule has 1 aromatic rings. The molecule has 3 nitrogen and oxygen atoms in total. The third kappa shape index (κ3) is 5.77. The summed E-state index contributed by atoms with van der Waals surface area (Å²) in [5, 5.41) is 12.6. The Balaban J connectivity index is 2.48. The van der Waals surface area contributed by atoms with Gasteiger partial charge in [-0.05, 0) is 17.9 Å². The molecule has 0 fully saturated rings. The summed E-state index contributed by atoms with van der Waals surface area (Å²) in [6.07, 6.45) is -5.28. The molecule has 19 heavy (non-hydrogen) atoms. The Morgan fingerprint density at radius 1 is 1.47 bits per heavy atom. The number of carbonyl (C=O) groups is 1. The van der Waals surface area contributed by atoms with E-state index in [1.54, 1.807) is 11.4 Å². The van der Waals surface area contributed by atoms with Gasteiger partial charge in [0.1, 0.15) is 11.5 Å². The summed E-state index contributed by atoms with van der Waals surface area (Å²) in [7, 11) is 0. The number of aliphatic hydroxyl groups excluding tert-OH is 1. The van der Waals surface area contributed by atoms with Crippen LogP contribution in [0, 0.1) is 11.8 Å². The van der Waals surface area contributed by atoms with Crippen LogP contribution in [0.5, 0.6) is 0 Å². The normalized spacial score (nSPS) is 10.7. The molecule has 0 saturated heterocycles. The van der Waals surface area contributed by atoms with Gasteiger partial charge in [0.25, 0.3) is 5.91 Å². The molecule has 0 aliphatic rings. The minimum absolute atomic E-state index is 0.0386. The SMILES string of the molecule is O=C(NCCCC(F)(F)F)c1sccc1C#CCO. The number of alkyl halides is 3. The zero-order valence-electron chi connectivity index (χ0n) is 9.88. The molecular weight excluding hydrogens is 279 g/mol. The Morgan fingerprint density at radius 2 is 2.21 bits per heavy atom. The second kappa shape index (κ2) is 7.16. The van der Waals surface area contributed by atoms with Gasteiger partial charge >= 0.3 is 6.18 Å². The Kier molecular flexibility index (Phi) is 5.86. The maximum absolute atomic E-state index is 11.9. The van der Waals surface area contributed by atoms with Gasteiger partial charge in [-0.2, -0.15) is 13.2 Å². The molecule has 1 rings (SSSR count). The topological polar surface area (TPSA) is 49.3 Å². The first-order valence-corrected chi connectivity index (χ1v) is 6.34. The van der Waals surface area contributed by atoms with E-state index in [1.165, 1.54) is 0 Å². The number of aliphatic hydroxyl groups is 1. The minimum atomic E-state index is -4.20. The van der Waals surface area contributed by atoms with Gasteiger partial charge in [-0.3, -0.25) is 4.79 Å². The van der Waals surface area contributed by atoms with E-state index < -0.39 is 18.5 Å². The van der Waals surface area contributed by atoms with E-state index in [-0.39, 0.29) is 19.6 Å². The van der Waals surface area contributed by atoms with Crippen molar-refractivity contribution in [3.05, 3.63) is 21.9 Å². The highest BCUT2D eigenvalue weighted by atomic mass is 32.1. The Labute approximate surface area is 112 Å². The lowest BCUT2D eigenvalue weighted by Crippen LogP contribution is -2.25. The van der Waals surface area contributed by atoms with Gasteiger partial charge < -0.3 is 10.4 Å². The number of carbonyl (C=O) groups excluding carboxylic acids is 1. The van der Waals surface area contributed by atoms with E-state index in [2.05, 4.69) is 17.2 Å². The minimum Gasteiger partial charge on any atom is -0.384 e. The highest BCUT2D eigenvalue weighted by molar-refractivity contribution is 7.12. The van der Waals surface area contributed by atoms with Crippen molar-refractivity contribution < 1.29 is 23.1 Å². The van der Waals surface area contributed by atoms with Gasteiger partial charge in [0, 0.05) is 18.5 Å². The zero-order valence-corrected chi connectivity index (χ0v) is 10.7. The number of rotatable bonds is 4. The quantitative estimate of drug-likeness (QED) is 0.660. The molecule has 0 aliphatic heterocycles. The van der Waals surface area contributed by atoms with Crippen LogP contribution in [0.15, 0.2) is 11.4 Å². The standard InChI is InChI=1S/C12H12F3NO2S/c13-12(14,15)5-2-6-16-11(18)10-9(3-1-7-17)4-8-19-10/h4,8,17H,2,5-7H2,(H,16,18). The zero-order chi connectivity index (χ0) is 14.3. The van der Waals surface area contributed by atoms with Gasteiger partial charge in [0.15, 0.2) is 0 Å². The molecule has 1 aromatic heterocycles. The number of halogens is 3. The van der Waals surface area contributed by atoms with Crippen molar-refractivity contribution in [2.24, 2.45) is 0 Å². The third-order valence-electron chi connectivity index (χ3n) is 2.10. The molecule has 2 N–H and O–H groups in total. The van der Waals surface area contributed by atoms with Crippen LogP contribution in [-0.4, -0.2) is 30.3 Å². The number of hydrogen-bond donors (Lipinski definition) is 2. The van der Waals surface area contributed by atoms with Gasteiger partial charge in [0.2, 0.25) is 0 Å². The summed E-state index contributed by atoms with van der Waals surface area (Å²) in [6, 6.07) is 1.62. The molecule has 0 saturated carbocycles. The van der Waals surface area contributed by atoms with Crippen LogP contribution in [0.1, 0.15) is 28.1 Å². The first kappa shape index (κ1) is 15.5. The second-order valence-electron chi connectivity index (χ2n) is 3.60. The predicted octanol–water partition coefficient (Wildman–Crippen LogP) is 2.16. The van der Waals surface area contributed by atoms with E-state index in [4.69, 9.17) is 5.11 Å². The van der Waals surface area contributed by atoms with Crippen LogP contribution in [0.2, 0.25) is 0 Å². The predicted molar refractivity (Wildman–Crippen MR) is 65.9 cm³/mol. The van der Waals surface area contributed by atoms with Gasteiger partial charge in [-0.25, -0.2) is 0 Å². The molecule has 7 heteroatoms. The monoisotopic (exact) mass is 291 g/mol. The van der Waals surface area contributed by atoms with Crippen LogP contribution in [0.3, 0.4) is 0 Å². The van der Waals surface area contributed by atoms with Crippen LogP contribution < -0.4 is 5.32 Å². The molecule has 104 valence electrons. The van der Waals surface area contributed by atoms with Crippen molar-refractivity contribution in [3.63, 3.8) is 0 Å². The summed E-state index contributed by atoms with van der Waals surface area (Å²) >= 11 is 1.15. The lowest BCUT2D eigenvalue weighted by atomic mass is 10.2. The maximum Gasteiger partial charge on any atom is 0.389 e. The Bertz CT molecular complexity index is 485. The fourth-order valence-corrected chi connectivity index (χ4v) is 2.05. The number of hydrogen-bond acceptors (Lipinski definition) is 3. The molecule has 1 amide bonds. The van der Waals surface area contributed by atoms with Gasteiger partial charge in [0.05, 0.1) is 0 Å². The van der Waals surface area contributed by atoms with Crippen LogP contribution >= 0.6 is 11.3 Å². The van der Waals surface area contributed by atoms with Gasteiger partial charge in [-0.15, -0.1) is 11.3 Å². The van der Waals surface area contributed by atoms with E-state index in [0.717, 1.165) is 11.3 Å². The molecule has 0 aliphatic carbocycles. The molecule has 0 aromatic carbocycles. The summed E-state index contributed by atoms with van der Waals surface area (Å²) in [6.45, 7) is -0.356. The average Bonchev–Trinajstić information content (AvgIpc) is 2.79. The molecule has 0 unspecified atom stereocenters. The molecule has 1 heterocycles. The third-order valence-corrected chi connectivity index (χ3v) is 3.01. The Hall–Kier alpha value is -1.52. The number of thiophene rings is 1. The van der Waals surface area contributed by atoms with E-state index in [9.17, 15) is 18.0 Å².